The number of nitrogens with one attached hydrogen (secondary N) is 2. The Balaban J connectivity index is 2.09. The second-order valence-electron chi connectivity index (χ2n) is 4.14. The summed E-state index contributed by atoms with van der Waals surface area (Å²) in [6, 6.07) is 1.74. The van der Waals surface area contributed by atoms with Crippen molar-refractivity contribution < 1.29 is 4.79 Å². The van der Waals surface area contributed by atoms with Crippen LogP contribution in [0.3, 0.4) is 0 Å². The fourth-order valence-electron chi connectivity index (χ4n) is 1.56. The highest BCUT2D eigenvalue weighted by atomic mass is 35.5. The molecule has 0 spiro atoms. The van der Waals surface area contributed by atoms with Crippen LogP contribution in [-0.2, 0) is 6.42 Å². The third-order valence-electron chi connectivity index (χ3n) is 2.49. The van der Waals surface area contributed by atoms with Gasteiger partial charge in [0.25, 0.3) is 5.91 Å². The molecule has 0 unspecified atom stereocenters. The van der Waals surface area contributed by atoms with E-state index < -0.39 is 0 Å². The summed E-state index contributed by atoms with van der Waals surface area (Å²) >= 11 is 5.82. The highest BCUT2D eigenvalue weighted by molar-refractivity contribution is 6.30. The van der Waals surface area contributed by atoms with Crippen LogP contribution < -0.4 is 5.32 Å². The fraction of sp³-hybridized carbons (Fsp3) is 0.333. The van der Waals surface area contributed by atoms with Gasteiger partial charge in [-0.05, 0) is 25.0 Å². The van der Waals surface area contributed by atoms with E-state index in [2.05, 4.69) is 25.5 Å². The summed E-state index contributed by atoms with van der Waals surface area (Å²) in [7, 11) is 0. The maximum absolute atomic E-state index is 11.9. The first kappa shape index (κ1) is 13.5. The van der Waals surface area contributed by atoms with E-state index in [1.54, 1.807) is 6.07 Å². The molecule has 2 aromatic heterocycles. The van der Waals surface area contributed by atoms with Crippen LogP contribution in [0.5, 0.6) is 0 Å². The standard InChI is InChI=1S/C12H14ClN5O/c1-3-4-9-16-11(18-17-9)12(19)15-8-5-7(2)10(13)14-6-8/h5-6H,3-4H2,1-2H3,(H,15,19)(H,16,17,18). The molecule has 2 N–H and O–H groups in total. The minimum atomic E-state index is -0.373. The van der Waals surface area contributed by atoms with E-state index in [-0.39, 0.29) is 11.7 Å². The van der Waals surface area contributed by atoms with Gasteiger partial charge < -0.3 is 5.32 Å². The smallest absolute Gasteiger partial charge is 0.295 e. The molecule has 0 aliphatic carbocycles. The zero-order valence-corrected chi connectivity index (χ0v) is 11.5. The molecule has 1 amide bonds. The molecule has 0 aromatic carbocycles. The summed E-state index contributed by atoms with van der Waals surface area (Å²) in [6.45, 7) is 3.85. The van der Waals surface area contributed by atoms with Gasteiger partial charge in [-0.15, -0.1) is 5.10 Å². The average molecular weight is 280 g/mol. The Morgan fingerprint density at radius 1 is 1.53 bits per heavy atom. The van der Waals surface area contributed by atoms with Gasteiger partial charge >= 0.3 is 0 Å². The number of H-pyrrole nitrogens is 1. The molecule has 0 fully saturated rings. The lowest BCUT2D eigenvalue weighted by molar-refractivity contribution is 0.101. The van der Waals surface area contributed by atoms with Crippen molar-refractivity contribution in [3.8, 4) is 0 Å². The first-order valence-corrected chi connectivity index (χ1v) is 6.32. The lowest BCUT2D eigenvalue weighted by atomic mass is 10.3. The van der Waals surface area contributed by atoms with Crippen LogP contribution in [0, 0.1) is 6.92 Å². The zero-order valence-electron chi connectivity index (χ0n) is 10.7. The van der Waals surface area contributed by atoms with Crippen LogP contribution in [-0.4, -0.2) is 26.1 Å². The Bertz CT molecular complexity index is 596. The van der Waals surface area contributed by atoms with E-state index >= 15 is 0 Å². The van der Waals surface area contributed by atoms with Crippen LogP contribution in [0.1, 0.15) is 35.4 Å². The number of hydrogen-bond donors (Lipinski definition) is 2. The number of amides is 1. The monoisotopic (exact) mass is 279 g/mol. The Morgan fingerprint density at radius 2 is 2.32 bits per heavy atom. The molecule has 19 heavy (non-hydrogen) atoms. The average Bonchev–Trinajstić information content (AvgIpc) is 2.83. The molecular formula is C12H14ClN5O. The quantitative estimate of drug-likeness (QED) is 0.842. The second kappa shape index (κ2) is 5.79. The molecule has 0 aliphatic heterocycles. The molecular weight excluding hydrogens is 266 g/mol. The van der Waals surface area contributed by atoms with E-state index in [1.807, 2.05) is 13.8 Å². The number of halogens is 1. The number of anilines is 1. The van der Waals surface area contributed by atoms with Crippen molar-refractivity contribution in [1.29, 1.82) is 0 Å². The van der Waals surface area contributed by atoms with Gasteiger partial charge in [-0.25, -0.2) is 9.97 Å². The number of aryl methyl sites for hydroxylation is 2. The topological polar surface area (TPSA) is 83.6 Å². The van der Waals surface area contributed by atoms with Crippen LogP contribution in [0.25, 0.3) is 0 Å². The maximum atomic E-state index is 11.9. The second-order valence-corrected chi connectivity index (χ2v) is 4.50. The van der Waals surface area contributed by atoms with Gasteiger partial charge in [0.1, 0.15) is 11.0 Å². The minimum absolute atomic E-state index is 0.121. The molecule has 6 nitrogen and oxygen atoms in total. The SMILES string of the molecule is CCCc1nc(C(=O)Nc2cnc(Cl)c(C)c2)n[nH]1. The normalized spacial score (nSPS) is 10.5. The van der Waals surface area contributed by atoms with Crippen LogP contribution in [0.2, 0.25) is 5.15 Å². The summed E-state index contributed by atoms with van der Waals surface area (Å²) in [5.41, 5.74) is 1.36. The number of carbonyl (C=O) groups is 1. The number of pyridine rings is 1. The van der Waals surface area contributed by atoms with E-state index in [0.29, 0.717) is 16.7 Å². The Morgan fingerprint density at radius 3 is 3.00 bits per heavy atom. The maximum Gasteiger partial charge on any atom is 0.295 e. The van der Waals surface area contributed by atoms with Gasteiger partial charge in [0.05, 0.1) is 11.9 Å². The van der Waals surface area contributed by atoms with Gasteiger partial charge in [0, 0.05) is 6.42 Å². The van der Waals surface area contributed by atoms with Gasteiger partial charge in [-0.2, -0.15) is 0 Å². The molecule has 0 aliphatic rings. The Labute approximate surface area is 115 Å². The van der Waals surface area contributed by atoms with Crippen LogP contribution in [0.4, 0.5) is 5.69 Å². The molecule has 0 saturated heterocycles. The van der Waals surface area contributed by atoms with E-state index in [9.17, 15) is 4.79 Å². The molecule has 0 saturated carbocycles. The first-order chi connectivity index (χ1) is 9.10. The summed E-state index contributed by atoms with van der Waals surface area (Å²) < 4.78 is 0. The Kier molecular flexibility index (Phi) is 4.11. The predicted octanol–water partition coefficient (Wildman–Crippen LogP) is 2.37. The van der Waals surface area contributed by atoms with Gasteiger partial charge in [-0.3, -0.25) is 9.89 Å². The number of aromatic nitrogens is 4. The highest BCUT2D eigenvalue weighted by Gasteiger charge is 2.13. The summed E-state index contributed by atoms with van der Waals surface area (Å²) in [5, 5.41) is 9.71. The number of carbonyl (C=O) groups excluding carboxylic acids is 1. The third kappa shape index (κ3) is 3.29. The molecule has 7 heteroatoms. The summed E-state index contributed by atoms with van der Waals surface area (Å²) in [5.74, 6) is 0.455. The van der Waals surface area contributed by atoms with Crippen molar-refractivity contribution >= 4 is 23.2 Å². The van der Waals surface area contributed by atoms with Gasteiger partial charge in [-0.1, -0.05) is 18.5 Å². The summed E-state index contributed by atoms with van der Waals surface area (Å²) in [6.07, 6.45) is 3.20. The largest absolute Gasteiger partial charge is 0.318 e. The molecule has 0 atom stereocenters. The van der Waals surface area contributed by atoms with Crippen molar-refractivity contribution in [2.75, 3.05) is 5.32 Å². The molecule has 2 rings (SSSR count). The van der Waals surface area contributed by atoms with E-state index in [1.165, 1.54) is 6.20 Å². The number of rotatable bonds is 4. The predicted molar refractivity (Wildman–Crippen MR) is 72.3 cm³/mol. The van der Waals surface area contributed by atoms with Crippen LogP contribution in [0.15, 0.2) is 12.3 Å². The van der Waals surface area contributed by atoms with Crippen molar-refractivity contribution in [3.63, 3.8) is 0 Å². The zero-order chi connectivity index (χ0) is 13.8. The molecule has 0 bridgehead atoms. The molecule has 0 radical (unpaired) electrons. The van der Waals surface area contributed by atoms with Crippen molar-refractivity contribution in [2.24, 2.45) is 0 Å². The third-order valence-corrected chi connectivity index (χ3v) is 2.89. The Hall–Kier alpha value is -1.95. The van der Waals surface area contributed by atoms with E-state index in [4.69, 9.17) is 11.6 Å². The lowest BCUT2D eigenvalue weighted by Crippen LogP contribution is -2.14. The number of nitrogens with zero attached hydrogens (tertiary/aromatic N) is 3. The fourth-order valence-corrected chi connectivity index (χ4v) is 1.66. The van der Waals surface area contributed by atoms with Gasteiger partial charge in [0.2, 0.25) is 5.82 Å². The number of hydrogen-bond acceptors (Lipinski definition) is 4. The van der Waals surface area contributed by atoms with Crippen LogP contribution >= 0.6 is 11.6 Å². The minimum Gasteiger partial charge on any atom is -0.318 e. The lowest BCUT2D eigenvalue weighted by Gasteiger charge is -2.03. The number of aromatic amines is 1. The van der Waals surface area contributed by atoms with E-state index in [0.717, 1.165) is 18.4 Å². The first-order valence-electron chi connectivity index (χ1n) is 5.95. The molecule has 100 valence electrons. The van der Waals surface area contributed by atoms with Crippen molar-refractivity contribution in [2.45, 2.75) is 26.7 Å². The van der Waals surface area contributed by atoms with Crippen molar-refractivity contribution in [1.82, 2.24) is 20.2 Å². The van der Waals surface area contributed by atoms with Crippen molar-refractivity contribution in [3.05, 3.63) is 34.6 Å². The van der Waals surface area contributed by atoms with Gasteiger partial charge in [0.15, 0.2) is 0 Å². The summed E-state index contributed by atoms with van der Waals surface area (Å²) in [4.78, 5) is 20.0. The molecule has 2 aromatic rings. The highest BCUT2D eigenvalue weighted by Crippen LogP contribution is 2.16. The molecule has 2 heterocycles.